The molecule has 0 bridgehead atoms. The number of hydrogen-bond acceptors (Lipinski definition) is 4. The number of nitrogen functional groups attached to an aromatic ring is 1. The average Bonchev–Trinajstić information content (AvgIpc) is 2.21. The lowest BCUT2D eigenvalue weighted by Gasteiger charge is -2.15. The summed E-state index contributed by atoms with van der Waals surface area (Å²) in [6.45, 7) is 3.60. The monoisotopic (exact) mass is 220 g/mol. The van der Waals surface area contributed by atoms with E-state index >= 15 is 0 Å². The van der Waals surface area contributed by atoms with Crippen LogP contribution in [0.25, 0.3) is 10.4 Å². The van der Waals surface area contributed by atoms with E-state index < -0.39 is 7.12 Å². The van der Waals surface area contributed by atoms with Crippen molar-refractivity contribution in [3.8, 4) is 0 Å². The number of nitrogens with zero attached hydrogens (tertiary/aromatic N) is 3. The predicted octanol–water partition coefficient (Wildman–Crippen LogP) is 0.376. The van der Waals surface area contributed by atoms with Gasteiger partial charge in [-0.3, -0.25) is 0 Å². The number of benzene rings is 1. The molecular weight excluding hydrogens is 207 g/mol. The topological polar surface area (TPSA) is 115 Å². The SMILES string of the molecule is Cc1c(N)cc(CN=[N+]=[N-])c(C)c1B(O)O. The van der Waals surface area contributed by atoms with E-state index in [1.54, 1.807) is 19.9 Å². The molecule has 0 amide bonds. The zero-order valence-corrected chi connectivity index (χ0v) is 9.18. The molecule has 0 fully saturated rings. The highest BCUT2D eigenvalue weighted by Gasteiger charge is 2.20. The highest BCUT2D eigenvalue weighted by molar-refractivity contribution is 6.60. The summed E-state index contributed by atoms with van der Waals surface area (Å²) in [4.78, 5) is 2.66. The third-order valence-corrected chi connectivity index (χ3v) is 2.61. The molecule has 0 atom stereocenters. The molecule has 1 aromatic carbocycles. The maximum atomic E-state index is 9.26. The largest absolute Gasteiger partial charge is 0.489 e. The summed E-state index contributed by atoms with van der Waals surface area (Å²) in [7, 11) is -1.58. The van der Waals surface area contributed by atoms with Crippen LogP contribution in [-0.2, 0) is 6.54 Å². The van der Waals surface area contributed by atoms with Crippen LogP contribution >= 0.6 is 0 Å². The molecule has 1 rings (SSSR count). The average molecular weight is 220 g/mol. The molecule has 0 saturated carbocycles. The van der Waals surface area contributed by atoms with Crippen LogP contribution in [0.3, 0.4) is 0 Å². The van der Waals surface area contributed by atoms with E-state index in [2.05, 4.69) is 10.0 Å². The zero-order chi connectivity index (χ0) is 12.3. The van der Waals surface area contributed by atoms with E-state index in [0.29, 0.717) is 27.8 Å². The molecule has 0 saturated heterocycles. The molecule has 16 heavy (non-hydrogen) atoms. The second-order valence-electron chi connectivity index (χ2n) is 3.55. The normalized spacial score (nSPS) is 9.75. The summed E-state index contributed by atoms with van der Waals surface area (Å²) >= 11 is 0. The Kier molecular flexibility index (Phi) is 3.79. The summed E-state index contributed by atoms with van der Waals surface area (Å²) in [5.74, 6) is 0. The van der Waals surface area contributed by atoms with E-state index in [0.717, 1.165) is 0 Å². The molecular formula is C9H13BN4O2. The second kappa shape index (κ2) is 4.89. The summed E-state index contributed by atoms with van der Waals surface area (Å²) < 4.78 is 0. The molecule has 0 radical (unpaired) electrons. The third-order valence-electron chi connectivity index (χ3n) is 2.61. The lowest BCUT2D eigenvalue weighted by molar-refractivity contribution is 0.425. The summed E-state index contributed by atoms with van der Waals surface area (Å²) in [5, 5.41) is 21.9. The molecule has 6 nitrogen and oxygen atoms in total. The van der Waals surface area contributed by atoms with Crippen molar-refractivity contribution < 1.29 is 10.0 Å². The molecule has 7 heteroatoms. The van der Waals surface area contributed by atoms with Crippen molar-refractivity contribution in [2.45, 2.75) is 20.4 Å². The summed E-state index contributed by atoms with van der Waals surface area (Å²) in [5.41, 5.74) is 16.8. The minimum Gasteiger partial charge on any atom is -0.423 e. The number of hydrogen-bond donors (Lipinski definition) is 3. The maximum absolute atomic E-state index is 9.26. The van der Waals surface area contributed by atoms with Gasteiger partial charge in [-0.25, -0.2) is 0 Å². The standard InChI is InChI=1S/C9H13BN4O2/c1-5-7(4-13-14-12)3-8(11)6(2)9(5)10(15)16/h3,15-16H,4,11H2,1-2H3. The molecule has 0 unspecified atom stereocenters. The minimum absolute atomic E-state index is 0.145. The van der Waals surface area contributed by atoms with Crippen LogP contribution < -0.4 is 11.2 Å². The Hall–Kier alpha value is -1.69. The molecule has 4 N–H and O–H groups in total. The van der Waals surface area contributed by atoms with Crippen LogP contribution in [0.2, 0.25) is 0 Å². The molecule has 1 aromatic rings. The Morgan fingerprint density at radius 1 is 1.44 bits per heavy atom. The Labute approximate surface area is 93.5 Å². The fraction of sp³-hybridized carbons (Fsp3) is 0.333. The van der Waals surface area contributed by atoms with Crippen LogP contribution in [0.4, 0.5) is 5.69 Å². The quantitative estimate of drug-likeness (QED) is 0.224. The second-order valence-corrected chi connectivity index (χ2v) is 3.55. The fourth-order valence-electron chi connectivity index (χ4n) is 1.67. The minimum atomic E-state index is -1.58. The van der Waals surface area contributed by atoms with Gasteiger partial charge in [0.15, 0.2) is 0 Å². The molecule has 0 aliphatic heterocycles. The van der Waals surface area contributed by atoms with Gasteiger partial charge < -0.3 is 15.8 Å². The lowest BCUT2D eigenvalue weighted by Crippen LogP contribution is -2.35. The van der Waals surface area contributed by atoms with E-state index in [1.165, 1.54) is 0 Å². The van der Waals surface area contributed by atoms with Crippen LogP contribution in [0.15, 0.2) is 11.2 Å². The third kappa shape index (κ3) is 2.28. The summed E-state index contributed by atoms with van der Waals surface area (Å²) in [6, 6.07) is 1.69. The number of anilines is 1. The fourth-order valence-corrected chi connectivity index (χ4v) is 1.67. The van der Waals surface area contributed by atoms with Gasteiger partial charge in [-0.2, -0.15) is 0 Å². The highest BCUT2D eigenvalue weighted by atomic mass is 16.4. The number of azide groups is 1. The first-order valence-electron chi connectivity index (χ1n) is 4.74. The van der Waals surface area contributed by atoms with E-state index in [1.807, 2.05) is 0 Å². The first kappa shape index (κ1) is 12.4. The van der Waals surface area contributed by atoms with Crippen molar-refractivity contribution in [3.05, 3.63) is 33.2 Å². The van der Waals surface area contributed by atoms with Crippen LogP contribution in [0.5, 0.6) is 0 Å². The Bertz CT molecular complexity index is 455. The van der Waals surface area contributed by atoms with E-state index in [9.17, 15) is 10.0 Å². The van der Waals surface area contributed by atoms with Crippen molar-refractivity contribution in [3.63, 3.8) is 0 Å². The van der Waals surface area contributed by atoms with E-state index in [-0.39, 0.29) is 6.54 Å². The van der Waals surface area contributed by atoms with Crippen LogP contribution in [0, 0.1) is 13.8 Å². The predicted molar refractivity (Wildman–Crippen MR) is 63.0 cm³/mol. The molecule has 0 aliphatic carbocycles. The van der Waals surface area contributed by atoms with E-state index in [4.69, 9.17) is 11.3 Å². The van der Waals surface area contributed by atoms with Crippen molar-refractivity contribution in [2.24, 2.45) is 5.11 Å². The zero-order valence-electron chi connectivity index (χ0n) is 9.18. The van der Waals surface area contributed by atoms with Gasteiger partial charge in [0.05, 0.1) is 6.54 Å². The van der Waals surface area contributed by atoms with Crippen molar-refractivity contribution in [1.29, 1.82) is 0 Å². The van der Waals surface area contributed by atoms with Crippen molar-refractivity contribution in [2.75, 3.05) is 5.73 Å². The van der Waals surface area contributed by atoms with Gasteiger partial charge in [0, 0.05) is 10.6 Å². The maximum Gasteiger partial charge on any atom is 0.489 e. The Morgan fingerprint density at radius 2 is 2.06 bits per heavy atom. The Morgan fingerprint density at radius 3 is 2.56 bits per heavy atom. The number of rotatable bonds is 3. The first-order chi connectivity index (χ1) is 7.49. The lowest BCUT2D eigenvalue weighted by atomic mass is 9.72. The van der Waals surface area contributed by atoms with Crippen LogP contribution in [0.1, 0.15) is 16.7 Å². The van der Waals surface area contributed by atoms with Crippen molar-refractivity contribution in [1.82, 2.24) is 0 Å². The van der Waals surface area contributed by atoms with Gasteiger partial charge in [0.1, 0.15) is 0 Å². The molecule has 0 aromatic heterocycles. The molecule has 0 spiro atoms. The van der Waals surface area contributed by atoms with Gasteiger partial charge in [-0.05, 0) is 47.6 Å². The van der Waals surface area contributed by atoms with Gasteiger partial charge in [-0.15, -0.1) is 0 Å². The molecule has 0 heterocycles. The molecule has 84 valence electrons. The van der Waals surface area contributed by atoms with Gasteiger partial charge in [-0.1, -0.05) is 5.11 Å². The first-order valence-corrected chi connectivity index (χ1v) is 4.74. The van der Waals surface area contributed by atoms with Gasteiger partial charge in [0.2, 0.25) is 0 Å². The highest BCUT2D eigenvalue weighted by Crippen LogP contribution is 2.17. The van der Waals surface area contributed by atoms with Gasteiger partial charge in [0.25, 0.3) is 0 Å². The number of nitrogens with two attached hydrogens (primary N) is 1. The summed E-state index contributed by atoms with van der Waals surface area (Å²) in [6.07, 6.45) is 0. The van der Waals surface area contributed by atoms with Gasteiger partial charge >= 0.3 is 7.12 Å². The van der Waals surface area contributed by atoms with Crippen LogP contribution in [-0.4, -0.2) is 17.2 Å². The Balaban J connectivity index is 3.37. The smallest absolute Gasteiger partial charge is 0.423 e. The molecule has 0 aliphatic rings. The van der Waals surface area contributed by atoms with Crippen molar-refractivity contribution >= 4 is 18.3 Å².